The molecule has 0 radical (unpaired) electrons. The highest BCUT2D eigenvalue weighted by molar-refractivity contribution is 5.35. The maximum Gasteiger partial charge on any atom is 0.124 e. The van der Waals surface area contributed by atoms with Gasteiger partial charge in [0.15, 0.2) is 0 Å². The first-order chi connectivity index (χ1) is 9.74. The van der Waals surface area contributed by atoms with E-state index in [0.717, 1.165) is 30.3 Å². The number of hydrogen-bond acceptors (Lipinski definition) is 3. The number of nitrogens with zero attached hydrogens (tertiary/aromatic N) is 1. The van der Waals surface area contributed by atoms with Crippen molar-refractivity contribution >= 4 is 0 Å². The molecule has 1 aliphatic rings. The first-order valence-corrected chi connectivity index (χ1v) is 7.78. The molecule has 1 aliphatic heterocycles. The number of aliphatic hydroxyl groups excluding tert-OH is 1. The Balaban J connectivity index is 1.87. The highest BCUT2D eigenvalue weighted by Crippen LogP contribution is 2.27. The van der Waals surface area contributed by atoms with Crippen LogP contribution in [0.2, 0.25) is 0 Å². The van der Waals surface area contributed by atoms with Crippen LogP contribution in [0.1, 0.15) is 44.3 Å². The van der Waals surface area contributed by atoms with Gasteiger partial charge in [0.25, 0.3) is 0 Å². The number of para-hydroxylation sites is 1. The standard InChI is InChI=1S/C17H27NO2/c1-3-6-14-9-11-18(12-10-14)13-16(19)15-7-4-5-8-17(15)20-2/h4-5,7-8,14,16,19H,3,6,9-13H2,1-2H3. The molecule has 1 heterocycles. The number of rotatable bonds is 6. The molecule has 0 aromatic heterocycles. The third kappa shape index (κ3) is 3.97. The van der Waals surface area contributed by atoms with Gasteiger partial charge in [-0.3, -0.25) is 0 Å². The van der Waals surface area contributed by atoms with Crippen molar-refractivity contribution in [2.45, 2.75) is 38.7 Å². The Kier molecular flexibility index (Phi) is 5.86. The first kappa shape index (κ1) is 15.3. The summed E-state index contributed by atoms with van der Waals surface area (Å²) in [5.74, 6) is 1.67. The van der Waals surface area contributed by atoms with E-state index in [-0.39, 0.29) is 0 Å². The molecule has 1 saturated heterocycles. The van der Waals surface area contributed by atoms with Crippen molar-refractivity contribution < 1.29 is 9.84 Å². The summed E-state index contributed by atoms with van der Waals surface area (Å²) in [7, 11) is 1.65. The Morgan fingerprint density at radius 1 is 1.30 bits per heavy atom. The Morgan fingerprint density at radius 2 is 2.00 bits per heavy atom. The van der Waals surface area contributed by atoms with Crippen LogP contribution in [0.15, 0.2) is 24.3 Å². The average molecular weight is 277 g/mol. The second-order valence-corrected chi connectivity index (χ2v) is 5.79. The van der Waals surface area contributed by atoms with Gasteiger partial charge < -0.3 is 14.7 Å². The number of likely N-dealkylation sites (tertiary alicyclic amines) is 1. The molecule has 0 bridgehead atoms. The quantitative estimate of drug-likeness (QED) is 0.866. The summed E-state index contributed by atoms with van der Waals surface area (Å²) in [5.41, 5.74) is 0.894. The van der Waals surface area contributed by atoms with Gasteiger partial charge in [0.2, 0.25) is 0 Å². The summed E-state index contributed by atoms with van der Waals surface area (Å²) in [4.78, 5) is 2.38. The molecule has 0 saturated carbocycles. The fraction of sp³-hybridized carbons (Fsp3) is 0.647. The summed E-state index contributed by atoms with van der Waals surface area (Å²) in [6.45, 7) is 5.19. The second kappa shape index (κ2) is 7.65. The molecule has 0 spiro atoms. The van der Waals surface area contributed by atoms with Crippen LogP contribution >= 0.6 is 0 Å². The zero-order valence-electron chi connectivity index (χ0n) is 12.7. The predicted octanol–water partition coefficient (Wildman–Crippen LogP) is 3.24. The van der Waals surface area contributed by atoms with Crippen molar-refractivity contribution in [3.63, 3.8) is 0 Å². The van der Waals surface area contributed by atoms with Crippen LogP contribution in [0, 0.1) is 5.92 Å². The lowest BCUT2D eigenvalue weighted by molar-refractivity contribution is 0.0863. The molecular formula is C17H27NO2. The van der Waals surface area contributed by atoms with Gasteiger partial charge in [0, 0.05) is 12.1 Å². The number of aliphatic hydroxyl groups is 1. The van der Waals surface area contributed by atoms with Gasteiger partial charge in [-0.1, -0.05) is 38.0 Å². The maximum atomic E-state index is 10.4. The van der Waals surface area contributed by atoms with E-state index in [1.54, 1.807) is 7.11 Å². The smallest absolute Gasteiger partial charge is 0.124 e. The molecule has 20 heavy (non-hydrogen) atoms. The molecule has 1 N–H and O–H groups in total. The second-order valence-electron chi connectivity index (χ2n) is 5.79. The first-order valence-electron chi connectivity index (χ1n) is 7.78. The Hall–Kier alpha value is -1.06. The predicted molar refractivity (Wildman–Crippen MR) is 82.0 cm³/mol. The van der Waals surface area contributed by atoms with Gasteiger partial charge in [-0.2, -0.15) is 0 Å². The van der Waals surface area contributed by atoms with Crippen LogP contribution in [0.25, 0.3) is 0 Å². The van der Waals surface area contributed by atoms with E-state index in [0.29, 0.717) is 6.54 Å². The molecule has 112 valence electrons. The van der Waals surface area contributed by atoms with Crippen LogP contribution in [0.4, 0.5) is 0 Å². The number of ether oxygens (including phenoxy) is 1. The Labute approximate surface area is 122 Å². The van der Waals surface area contributed by atoms with Crippen molar-refractivity contribution in [1.82, 2.24) is 4.90 Å². The lowest BCUT2D eigenvalue weighted by Crippen LogP contribution is -2.36. The molecule has 1 fully saturated rings. The topological polar surface area (TPSA) is 32.7 Å². The summed E-state index contributed by atoms with van der Waals surface area (Å²) >= 11 is 0. The summed E-state index contributed by atoms with van der Waals surface area (Å²) < 4.78 is 5.33. The Bertz CT molecular complexity index is 400. The number of methoxy groups -OCH3 is 1. The summed E-state index contributed by atoms with van der Waals surface area (Å²) in [6, 6.07) is 7.75. The van der Waals surface area contributed by atoms with Gasteiger partial charge in [0.05, 0.1) is 13.2 Å². The number of hydrogen-bond donors (Lipinski definition) is 1. The minimum atomic E-state index is -0.464. The van der Waals surface area contributed by atoms with Crippen LogP contribution in [0.5, 0.6) is 5.75 Å². The number of β-amino-alcohol motifs (C(OH)–C–C–N with tert-alkyl or cyclic N) is 1. The van der Waals surface area contributed by atoms with E-state index >= 15 is 0 Å². The molecule has 1 aromatic carbocycles. The van der Waals surface area contributed by atoms with E-state index < -0.39 is 6.10 Å². The largest absolute Gasteiger partial charge is 0.496 e. The van der Waals surface area contributed by atoms with Crippen LogP contribution in [-0.2, 0) is 0 Å². The molecule has 1 unspecified atom stereocenters. The molecule has 1 atom stereocenters. The van der Waals surface area contributed by atoms with E-state index in [2.05, 4.69) is 11.8 Å². The third-order valence-corrected chi connectivity index (χ3v) is 4.33. The van der Waals surface area contributed by atoms with Crippen molar-refractivity contribution in [3.8, 4) is 5.75 Å². The fourth-order valence-electron chi connectivity index (χ4n) is 3.15. The minimum Gasteiger partial charge on any atom is -0.496 e. The van der Waals surface area contributed by atoms with Crippen LogP contribution in [0.3, 0.4) is 0 Å². The van der Waals surface area contributed by atoms with E-state index in [9.17, 15) is 5.11 Å². The molecule has 3 heteroatoms. The fourth-order valence-corrected chi connectivity index (χ4v) is 3.15. The molecule has 3 nitrogen and oxygen atoms in total. The molecule has 2 rings (SSSR count). The highest BCUT2D eigenvalue weighted by Gasteiger charge is 2.22. The van der Waals surface area contributed by atoms with Crippen molar-refractivity contribution in [2.24, 2.45) is 5.92 Å². The monoisotopic (exact) mass is 277 g/mol. The summed E-state index contributed by atoms with van der Waals surface area (Å²) in [5, 5.41) is 10.4. The van der Waals surface area contributed by atoms with E-state index in [1.165, 1.54) is 25.7 Å². The molecule has 0 aliphatic carbocycles. The lowest BCUT2D eigenvalue weighted by atomic mass is 9.92. The summed E-state index contributed by atoms with van der Waals surface area (Å²) in [6.07, 6.45) is 4.71. The van der Waals surface area contributed by atoms with Gasteiger partial charge in [-0.05, 0) is 37.9 Å². The van der Waals surface area contributed by atoms with Crippen molar-refractivity contribution in [1.29, 1.82) is 0 Å². The van der Waals surface area contributed by atoms with E-state index in [1.807, 2.05) is 24.3 Å². The van der Waals surface area contributed by atoms with E-state index in [4.69, 9.17) is 4.74 Å². The van der Waals surface area contributed by atoms with Crippen LogP contribution < -0.4 is 4.74 Å². The third-order valence-electron chi connectivity index (χ3n) is 4.33. The molecular weight excluding hydrogens is 250 g/mol. The van der Waals surface area contributed by atoms with Gasteiger partial charge >= 0.3 is 0 Å². The maximum absolute atomic E-state index is 10.4. The average Bonchev–Trinajstić information content (AvgIpc) is 2.49. The molecule has 0 amide bonds. The van der Waals surface area contributed by atoms with Gasteiger partial charge in [0.1, 0.15) is 5.75 Å². The molecule has 1 aromatic rings. The van der Waals surface area contributed by atoms with Crippen molar-refractivity contribution in [2.75, 3.05) is 26.7 Å². The van der Waals surface area contributed by atoms with Crippen molar-refractivity contribution in [3.05, 3.63) is 29.8 Å². The van der Waals surface area contributed by atoms with Gasteiger partial charge in [-0.15, -0.1) is 0 Å². The van der Waals surface area contributed by atoms with Crippen LogP contribution in [-0.4, -0.2) is 36.8 Å². The SMILES string of the molecule is CCCC1CCN(CC(O)c2ccccc2OC)CC1. The number of benzene rings is 1. The minimum absolute atomic E-state index is 0.464. The highest BCUT2D eigenvalue weighted by atomic mass is 16.5. The Morgan fingerprint density at radius 3 is 2.65 bits per heavy atom. The van der Waals surface area contributed by atoms with Gasteiger partial charge in [-0.25, -0.2) is 0 Å². The number of piperidine rings is 1. The zero-order valence-corrected chi connectivity index (χ0v) is 12.7. The normalized spacial score (nSPS) is 18.9. The lowest BCUT2D eigenvalue weighted by Gasteiger charge is -2.33. The zero-order chi connectivity index (χ0) is 14.4.